The van der Waals surface area contributed by atoms with Crippen LogP contribution >= 0.6 is 11.6 Å². The van der Waals surface area contributed by atoms with Gasteiger partial charge in [0, 0.05) is 11.6 Å². The summed E-state index contributed by atoms with van der Waals surface area (Å²) in [5.41, 5.74) is 0.480. The molecule has 2 N–H and O–H groups in total. The van der Waals surface area contributed by atoms with Crippen molar-refractivity contribution in [2.45, 2.75) is 30.7 Å². The van der Waals surface area contributed by atoms with Crippen molar-refractivity contribution in [2.75, 3.05) is 6.54 Å². The summed E-state index contributed by atoms with van der Waals surface area (Å²) >= 11 is 5.92. The van der Waals surface area contributed by atoms with Gasteiger partial charge in [-0.05, 0) is 37.5 Å². The zero-order valence-electron chi connectivity index (χ0n) is 10.4. The van der Waals surface area contributed by atoms with Gasteiger partial charge in [-0.2, -0.15) is 4.72 Å². The Labute approximate surface area is 117 Å². The van der Waals surface area contributed by atoms with E-state index < -0.39 is 16.1 Å². The molecule has 1 unspecified atom stereocenters. The Kier molecular flexibility index (Phi) is 4.13. The molecule has 104 valence electrons. The minimum Gasteiger partial charge on any atom is -0.355 e. The van der Waals surface area contributed by atoms with Gasteiger partial charge in [-0.3, -0.25) is 4.79 Å². The normalized spacial score (nSPS) is 20.1. The fourth-order valence-electron chi connectivity index (χ4n) is 2.01. The first-order valence-corrected chi connectivity index (χ1v) is 7.83. The van der Waals surface area contributed by atoms with Crippen LogP contribution in [0.3, 0.4) is 0 Å². The zero-order valence-corrected chi connectivity index (χ0v) is 12.0. The predicted molar refractivity (Wildman–Crippen MR) is 72.5 cm³/mol. The van der Waals surface area contributed by atoms with Crippen molar-refractivity contribution < 1.29 is 13.2 Å². The summed E-state index contributed by atoms with van der Waals surface area (Å²) in [4.78, 5) is 11.7. The highest BCUT2D eigenvalue weighted by molar-refractivity contribution is 7.89. The van der Waals surface area contributed by atoms with Gasteiger partial charge in [0.25, 0.3) is 0 Å². The van der Waals surface area contributed by atoms with E-state index in [-0.39, 0.29) is 10.8 Å². The van der Waals surface area contributed by atoms with Crippen molar-refractivity contribution in [3.05, 3.63) is 28.8 Å². The number of halogens is 1. The molecule has 1 saturated heterocycles. The molecule has 1 atom stereocenters. The van der Waals surface area contributed by atoms with Crippen LogP contribution in [-0.4, -0.2) is 26.9 Å². The van der Waals surface area contributed by atoms with E-state index in [9.17, 15) is 13.2 Å². The summed E-state index contributed by atoms with van der Waals surface area (Å²) in [7, 11) is -3.74. The molecule has 1 aliphatic heterocycles. The fraction of sp³-hybridized carbons (Fsp3) is 0.417. The molecular weight excluding hydrogens is 288 g/mol. The highest BCUT2D eigenvalue weighted by Crippen LogP contribution is 2.23. The lowest BCUT2D eigenvalue weighted by molar-refractivity contribution is -0.124. The average Bonchev–Trinajstić information content (AvgIpc) is 2.35. The van der Waals surface area contributed by atoms with Gasteiger partial charge in [0.1, 0.15) is 6.04 Å². The first-order valence-electron chi connectivity index (χ1n) is 5.97. The number of hydrogen-bond donors (Lipinski definition) is 2. The third-order valence-electron chi connectivity index (χ3n) is 3.09. The van der Waals surface area contributed by atoms with Gasteiger partial charge in [-0.15, -0.1) is 0 Å². The maximum absolute atomic E-state index is 12.3. The summed E-state index contributed by atoms with van der Waals surface area (Å²) in [6.07, 6.45) is 1.26. The van der Waals surface area contributed by atoms with Crippen molar-refractivity contribution in [3.63, 3.8) is 0 Å². The smallest absolute Gasteiger partial charge is 0.241 e. The van der Waals surface area contributed by atoms with Crippen LogP contribution in [0.5, 0.6) is 0 Å². The number of carbonyl (C=O) groups excluding carboxylic acids is 1. The topological polar surface area (TPSA) is 75.3 Å². The van der Waals surface area contributed by atoms with Crippen LogP contribution < -0.4 is 10.0 Å². The number of benzene rings is 1. The first-order chi connectivity index (χ1) is 8.92. The molecule has 1 aromatic rings. The number of carbonyl (C=O) groups is 1. The zero-order chi connectivity index (χ0) is 14.0. The largest absolute Gasteiger partial charge is 0.355 e. The Morgan fingerprint density at radius 1 is 1.42 bits per heavy atom. The van der Waals surface area contributed by atoms with E-state index in [1.807, 2.05) is 0 Å². The molecule has 5 nitrogen and oxygen atoms in total. The minimum absolute atomic E-state index is 0.110. The first kappa shape index (κ1) is 14.3. The second-order valence-corrected chi connectivity index (χ2v) is 6.56. The molecule has 0 aromatic heterocycles. The lowest BCUT2D eigenvalue weighted by atomic mass is 10.1. The molecule has 0 aliphatic carbocycles. The summed E-state index contributed by atoms with van der Waals surface area (Å²) in [6.45, 7) is 2.23. The second kappa shape index (κ2) is 5.48. The van der Waals surface area contributed by atoms with Crippen LogP contribution in [0.2, 0.25) is 5.02 Å². The molecule has 1 amide bonds. The molecule has 1 aliphatic rings. The SMILES string of the molecule is Cc1c(Cl)cccc1S(=O)(=O)NC1CCCNC1=O. The van der Waals surface area contributed by atoms with E-state index in [1.54, 1.807) is 19.1 Å². The van der Waals surface area contributed by atoms with Gasteiger partial charge in [-0.1, -0.05) is 17.7 Å². The third kappa shape index (κ3) is 3.08. The Morgan fingerprint density at radius 2 is 2.16 bits per heavy atom. The Bertz CT molecular complexity index is 601. The van der Waals surface area contributed by atoms with Gasteiger partial charge >= 0.3 is 0 Å². The van der Waals surface area contributed by atoms with Crippen LogP contribution in [0.25, 0.3) is 0 Å². The van der Waals surface area contributed by atoms with E-state index in [0.29, 0.717) is 23.6 Å². The van der Waals surface area contributed by atoms with Crippen molar-refractivity contribution in [3.8, 4) is 0 Å². The molecule has 0 bridgehead atoms. The highest BCUT2D eigenvalue weighted by atomic mass is 35.5. The molecular formula is C12H15ClN2O3S. The van der Waals surface area contributed by atoms with E-state index >= 15 is 0 Å². The number of nitrogens with one attached hydrogen (secondary N) is 2. The molecule has 0 radical (unpaired) electrons. The number of hydrogen-bond acceptors (Lipinski definition) is 3. The number of piperidine rings is 1. The van der Waals surface area contributed by atoms with Crippen LogP contribution in [0.4, 0.5) is 0 Å². The van der Waals surface area contributed by atoms with Crippen molar-refractivity contribution >= 4 is 27.5 Å². The predicted octanol–water partition coefficient (Wildman–Crippen LogP) is 1.21. The van der Waals surface area contributed by atoms with Gasteiger partial charge in [-0.25, -0.2) is 8.42 Å². The van der Waals surface area contributed by atoms with Gasteiger partial charge < -0.3 is 5.32 Å². The van der Waals surface area contributed by atoms with Crippen molar-refractivity contribution in [2.24, 2.45) is 0 Å². The molecule has 0 spiro atoms. The molecule has 0 saturated carbocycles. The number of sulfonamides is 1. The minimum atomic E-state index is -3.74. The highest BCUT2D eigenvalue weighted by Gasteiger charge is 2.28. The molecule has 2 rings (SSSR count). The lowest BCUT2D eigenvalue weighted by Crippen LogP contribution is -2.50. The van der Waals surface area contributed by atoms with Crippen LogP contribution in [0.15, 0.2) is 23.1 Å². The Hall–Kier alpha value is -1.11. The Morgan fingerprint density at radius 3 is 2.84 bits per heavy atom. The summed E-state index contributed by atoms with van der Waals surface area (Å²) in [5, 5.41) is 3.03. The molecule has 1 aromatic carbocycles. The van der Waals surface area contributed by atoms with Gasteiger partial charge in [0.05, 0.1) is 4.90 Å². The van der Waals surface area contributed by atoms with Gasteiger partial charge in [0.2, 0.25) is 15.9 Å². The van der Waals surface area contributed by atoms with Crippen molar-refractivity contribution in [1.29, 1.82) is 0 Å². The van der Waals surface area contributed by atoms with Crippen LogP contribution in [0, 0.1) is 6.92 Å². The van der Waals surface area contributed by atoms with E-state index in [0.717, 1.165) is 6.42 Å². The third-order valence-corrected chi connectivity index (χ3v) is 5.12. The Balaban J connectivity index is 2.27. The quantitative estimate of drug-likeness (QED) is 0.881. The van der Waals surface area contributed by atoms with Crippen LogP contribution in [0.1, 0.15) is 18.4 Å². The molecule has 7 heteroatoms. The summed E-state index contributed by atoms with van der Waals surface area (Å²) in [6, 6.07) is 3.97. The summed E-state index contributed by atoms with van der Waals surface area (Å²) in [5.74, 6) is -0.283. The van der Waals surface area contributed by atoms with E-state index in [4.69, 9.17) is 11.6 Å². The standard InChI is InChI=1S/C12H15ClN2O3S/c1-8-9(13)4-2-6-11(8)19(17,18)15-10-5-3-7-14-12(10)16/h2,4,6,10,15H,3,5,7H2,1H3,(H,14,16). The number of amides is 1. The number of rotatable bonds is 3. The maximum Gasteiger partial charge on any atom is 0.241 e. The second-order valence-electron chi connectivity index (χ2n) is 4.47. The summed E-state index contributed by atoms with van der Waals surface area (Å²) < 4.78 is 27.0. The van der Waals surface area contributed by atoms with E-state index in [1.165, 1.54) is 6.07 Å². The maximum atomic E-state index is 12.3. The fourth-order valence-corrected chi connectivity index (χ4v) is 3.74. The van der Waals surface area contributed by atoms with Gasteiger partial charge in [0.15, 0.2) is 0 Å². The van der Waals surface area contributed by atoms with Crippen molar-refractivity contribution in [1.82, 2.24) is 10.0 Å². The molecule has 19 heavy (non-hydrogen) atoms. The van der Waals surface area contributed by atoms with Crippen LogP contribution in [-0.2, 0) is 14.8 Å². The van der Waals surface area contributed by atoms with E-state index in [2.05, 4.69) is 10.0 Å². The molecule has 1 heterocycles. The lowest BCUT2D eigenvalue weighted by Gasteiger charge is -2.23. The molecule has 1 fully saturated rings. The average molecular weight is 303 g/mol. The monoisotopic (exact) mass is 302 g/mol.